The van der Waals surface area contributed by atoms with Gasteiger partial charge in [-0.15, -0.1) is 10.2 Å². The van der Waals surface area contributed by atoms with Crippen LogP contribution in [0.15, 0.2) is 6.07 Å². The van der Waals surface area contributed by atoms with Crippen LogP contribution < -0.4 is 5.32 Å². The van der Waals surface area contributed by atoms with Gasteiger partial charge in [0.2, 0.25) is 5.91 Å². The summed E-state index contributed by atoms with van der Waals surface area (Å²) in [6.07, 6.45) is 1.76. The molecule has 2 aromatic rings. The number of fused-ring (bicyclic) bond motifs is 1. The van der Waals surface area contributed by atoms with Crippen LogP contribution >= 0.6 is 0 Å². The molecule has 112 valence electrons. The predicted molar refractivity (Wildman–Crippen MR) is 76.7 cm³/mol. The lowest BCUT2D eigenvalue weighted by atomic mass is 10.1. The van der Waals surface area contributed by atoms with E-state index in [9.17, 15) is 4.79 Å². The molecule has 1 amide bonds. The zero-order valence-corrected chi connectivity index (χ0v) is 12.6. The van der Waals surface area contributed by atoms with Gasteiger partial charge < -0.3 is 9.88 Å². The Hall–Kier alpha value is -2.18. The first-order valence-electron chi connectivity index (χ1n) is 7.22. The smallest absolute Gasteiger partial charge is 0.242 e. The van der Waals surface area contributed by atoms with Crippen LogP contribution in [0.5, 0.6) is 0 Å². The van der Waals surface area contributed by atoms with E-state index in [-0.39, 0.29) is 18.5 Å². The summed E-state index contributed by atoms with van der Waals surface area (Å²) in [6, 6.07) is 2.11. The second kappa shape index (κ2) is 5.31. The van der Waals surface area contributed by atoms with Crippen molar-refractivity contribution < 1.29 is 4.79 Å². The van der Waals surface area contributed by atoms with Crippen LogP contribution in [0.2, 0.25) is 0 Å². The van der Waals surface area contributed by atoms with Crippen molar-refractivity contribution in [1.29, 1.82) is 0 Å². The lowest BCUT2D eigenvalue weighted by Gasteiger charge is -2.25. The molecule has 0 spiro atoms. The molecule has 1 aliphatic rings. The molecule has 0 bridgehead atoms. The molecule has 0 saturated carbocycles. The highest BCUT2D eigenvalue weighted by Crippen LogP contribution is 2.14. The maximum Gasteiger partial charge on any atom is 0.242 e. The van der Waals surface area contributed by atoms with Gasteiger partial charge in [0.05, 0.1) is 5.69 Å². The SMILES string of the molecule is Cc1cc(C)n(CC(=O)N[C@@H]2CCc3nnc(C)n3C2)n1. The number of aromatic nitrogens is 5. The lowest BCUT2D eigenvalue weighted by Crippen LogP contribution is -2.42. The fourth-order valence-electron chi connectivity index (χ4n) is 2.82. The van der Waals surface area contributed by atoms with E-state index < -0.39 is 0 Å². The number of nitrogens with zero attached hydrogens (tertiary/aromatic N) is 5. The van der Waals surface area contributed by atoms with Gasteiger partial charge >= 0.3 is 0 Å². The van der Waals surface area contributed by atoms with E-state index in [4.69, 9.17) is 0 Å². The molecule has 1 aliphatic heterocycles. The van der Waals surface area contributed by atoms with Crippen LogP contribution in [0.25, 0.3) is 0 Å². The number of carbonyl (C=O) groups is 1. The first kappa shape index (κ1) is 13.8. The van der Waals surface area contributed by atoms with Crippen LogP contribution in [0.4, 0.5) is 0 Å². The summed E-state index contributed by atoms with van der Waals surface area (Å²) in [5.74, 6) is 1.92. The number of hydrogen-bond donors (Lipinski definition) is 1. The van der Waals surface area contributed by atoms with Gasteiger partial charge in [-0.25, -0.2) is 0 Å². The Kier molecular flexibility index (Phi) is 3.48. The third kappa shape index (κ3) is 2.81. The summed E-state index contributed by atoms with van der Waals surface area (Å²) in [5, 5.41) is 15.6. The van der Waals surface area contributed by atoms with E-state index >= 15 is 0 Å². The normalized spacial score (nSPS) is 17.6. The molecule has 1 N–H and O–H groups in total. The molecule has 7 nitrogen and oxygen atoms in total. The van der Waals surface area contributed by atoms with Crippen LogP contribution in [-0.4, -0.2) is 36.5 Å². The fraction of sp³-hybridized carbons (Fsp3) is 0.571. The molecule has 0 unspecified atom stereocenters. The maximum atomic E-state index is 12.2. The van der Waals surface area contributed by atoms with Crippen molar-refractivity contribution in [3.63, 3.8) is 0 Å². The Balaban J connectivity index is 1.61. The van der Waals surface area contributed by atoms with Gasteiger partial charge in [-0.05, 0) is 33.3 Å². The quantitative estimate of drug-likeness (QED) is 0.893. The average molecular weight is 288 g/mol. The van der Waals surface area contributed by atoms with Crippen molar-refractivity contribution in [3.05, 3.63) is 29.1 Å². The second-order valence-corrected chi connectivity index (χ2v) is 5.66. The molecule has 0 fully saturated rings. The van der Waals surface area contributed by atoms with E-state index in [0.29, 0.717) is 0 Å². The Morgan fingerprint density at radius 1 is 1.38 bits per heavy atom. The molecule has 3 rings (SSSR count). The van der Waals surface area contributed by atoms with Gasteiger partial charge in [0.1, 0.15) is 18.2 Å². The van der Waals surface area contributed by atoms with Crippen molar-refractivity contribution in [3.8, 4) is 0 Å². The van der Waals surface area contributed by atoms with Crippen molar-refractivity contribution in [2.24, 2.45) is 0 Å². The first-order valence-corrected chi connectivity index (χ1v) is 7.22. The van der Waals surface area contributed by atoms with Crippen molar-refractivity contribution in [1.82, 2.24) is 29.9 Å². The third-order valence-electron chi connectivity index (χ3n) is 3.89. The third-order valence-corrected chi connectivity index (χ3v) is 3.89. The van der Waals surface area contributed by atoms with Crippen LogP contribution in [0.3, 0.4) is 0 Å². The highest BCUT2D eigenvalue weighted by atomic mass is 16.2. The predicted octanol–water partition coefficient (Wildman–Crippen LogP) is 0.531. The zero-order chi connectivity index (χ0) is 15.0. The summed E-state index contributed by atoms with van der Waals surface area (Å²) in [7, 11) is 0. The van der Waals surface area contributed by atoms with E-state index in [1.54, 1.807) is 4.68 Å². The molecular formula is C14H20N6O. The minimum Gasteiger partial charge on any atom is -0.350 e. The molecular weight excluding hydrogens is 268 g/mol. The van der Waals surface area contributed by atoms with Crippen molar-refractivity contribution in [2.75, 3.05) is 0 Å². The molecule has 21 heavy (non-hydrogen) atoms. The summed E-state index contributed by atoms with van der Waals surface area (Å²) in [5.41, 5.74) is 1.94. The molecule has 0 aliphatic carbocycles. The average Bonchev–Trinajstić information content (AvgIpc) is 2.93. The monoisotopic (exact) mass is 288 g/mol. The largest absolute Gasteiger partial charge is 0.350 e. The van der Waals surface area contributed by atoms with Crippen molar-refractivity contribution in [2.45, 2.75) is 52.7 Å². The van der Waals surface area contributed by atoms with E-state index in [0.717, 1.165) is 42.4 Å². The van der Waals surface area contributed by atoms with Gasteiger partial charge in [-0.2, -0.15) is 5.10 Å². The molecule has 7 heteroatoms. The van der Waals surface area contributed by atoms with Gasteiger partial charge in [0.15, 0.2) is 0 Å². The summed E-state index contributed by atoms with van der Waals surface area (Å²) in [6.45, 7) is 6.84. The maximum absolute atomic E-state index is 12.2. The highest BCUT2D eigenvalue weighted by molar-refractivity contribution is 5.76. The summed E-state index contributed by atoms with van der Waals surface area (Å²) < 4.78 is 3.82. The molecule has 0 radical (unpaired) electrons. The van der Waals surface area contributed by atoms with E-state index in [1.807, 2.05) is 26.8 Å². The van der Waals surface area contributed by atoms with Crippen LogP contribution in [-0.2, 0) is 24.3 Å². The molecule has 0 saturated heterocycles. The topological polar surface area (TPSA) is 77.6 Å². The number of hydrogen-bond acceptors (Lipinski definition) is 4. The number of nitrogens with one attached hydrogen (secondary N) is 1. The Bertz CT molecular complexity index is 671. The lowest BCUT2D eigenvalue weighted by molar-refractivity contribution is -0.122. The van der Waals surface area contributed by atoms with Crippen LogP contribution in [0.1, 0.15) is 29.5 Å². The van der Waals surface area contributed by atoms with Gasteiger partial charge in [-0.3, -0.25) is 9.48 Å². The Labute approximate surface area is 123 Å². The fourth-order valence-corrected chi connectivity index (χ4v) is 2.82. The standard InChI is InChI=1S/C14H20N6O/c1-9-6-10(2)20(18-9)8-14(21)15-12-4-5-13-17-16-11(3)19(13)7-12/h6,12H,4-5,7-8H2,1-3H3,(H,15,21)/t12-/m1/s1. The first-order chi connectivity index (χ1) is 10.0. The molecule has 3 heterocycles. The highest BCUT2D eigenvalue weighted by Gasteiger charge is 2.22. The van der Waals surface area contributed by atoms with Crippen molar-refractivity contribution >= 4 is 5.91 Å². The number of aryl methyl sites for hydroxylation is 4. The molecule has 0 aromatic carbocycles. The second-order valence-electron chi connectivity index (χ2n) is 5.66. The van der Waals surface area contributed by atoms with Crippen LogP contribution in [0, 0.1) is 20.8 Å². The van der Waals surface area contributed by atoms with E-state index in [2.05, 4.69) is 25.2 Å². The Morgan fingerprint density at radius 2 is 2.19 bits per heavy atom. The van der Waals surface area contributed by atoms with E-state index in [1.165, 1.54) is 0 Å². The number of carbonyl (C=O) groups excluding carboxylic acids is 1. The summed E-state index contributed by atoms with van der Waals surface area (Å²) in [4.78, 5) is 12.2. The van der Waals surface area contributed by atoms with Gasteiger partial charge in [0.25, 0.3) is 0 Å². The summed E-state index contributed by atoms with van der Waals surface area (Å²) >= 11 is 0. The number of amides is 1. The number of rotatable bonds is 3. The van der Waals surface area contributed by atoms with Gasteiger partial charge in [0, 0.05) is 24.7 Å². The Morgan fingerprint density at radius 3 is 2.90 bits per heavy atom. The van der Waals surface area contributed by atoms with Gasteiger partial charge in [-0.1, -0.05) is 0 Å². The molecule has 1 atom stereocenters. The minimum atomic E-state index is 0.000350. The minimum absolute atomic E-state index is 0.000350. The molecule has 2 aromatic heterocycles. The zero-order valence-electron chi connectivity index (χ0n) is 12.6.